The van der Waals surface area contributed by atoms with E-state index >= 15 is 0 Å². The van der Waals surface area contributed by atoms with Gasteiger partial charge < -0.3 is 11.1 Å². The first-order valence-electron chi connectivity index (χ1n) is 6.04. The summed E-state index contributed by atoms with van der Waals surface area (Å²) in [7, 11) is 0. The number of fused-ring (bicyclic) bond motifs is 1. The smallest absolute Gasteiger partial charge is 0.120 e. The molecule has 2 aliphatic heterocycles. The van der Waals surface area contributed by atoms with Crippen LogP contribution in [0.15, 0.2) is 48.3 Å². The van der Waals surface area contributed by atoms with E-state index in [0.29, 0.717) is 0 Å². The van der Waals surface area contributed by atoms with Gasteiger partial charge in [-0.2, -0.15) is 0 Å². The summed E-state index contributed by atoms with van der Waals surface area (Å²) in [5.74, 6) is 0. The van der Waals surface area contributed by atoms with Crippen molar-refractivity contribution in [3.05, 3.63) is 59.4 Å². The molecule has 0 bridgehead atoms. The molecule has 1 aromatic carbocycles. The third kappa shape index (κ3) is 1.94. The molecule has 3 rings (SSSR count). The standard InChI is InChI=1S/C14H17N3/c15-13-6-3-8-16-14(13)17-9-7-11-4-1-2-5-12(11)10-17/h1-6,8,14,16H,7,9-10,15H2. The predicted octanol–water partition coefficient (Wildman–Crippen LogP) is 1.33. The van der Waals surface area contributed by atoms with Crippen molar-refractivity contribution in [3.63, 3.8) is 0 Å². The summed E-state index contributed by atoms with van der Waals surface area (Å²) >= 11 is 0. The Morgan fingerprint density at radius 2 is 2.06 bits per heavy atom. The van der Waals surface area contributed by atoms with E-state index in [9.17, 15) is 0 Å². The molecule has 17 heavy (non-hydrogen) atoms. The van der Waals surface area contributed by atoms with E-state index in [0.717, 1.165) is 25.2 Å². The van der Waals surface area contributed by atoms with Crippen LogP contribution >= 0.6 is 0 Å². The zero-order chi connectivity index (χ0) is 11.7. The molecule has 0 spiro atoms. The van der Waals surface area contributed by atoms with Gasteiger partial charge in [0.25, 0.3) is 0 Å². The highest BCUT2D eigenvalue weighted by Gasteiger charge is 2.24. The number of dihydropyridines is 1. The van der Waals surface area contributed by atoms with Gasteiger partial charge in [0.2, 0.25) is 0 Å². The van der Waals surface area contributed by atoms with Crippen LogP contribution in [0.1, 0.15) is 11.1 Å². The number of rotatable bonds is 1. The van der Waals surface area contributed by atoms with Crippen molar-refractivity contribution in [3.8, 4) is 0 Å². The van der Waals surface area contributed by atoms with Crippen LogP contribution in [0.4, 0.5) is 0 Å². The van der Waals surface area contributed by atoms with E-state index in [4.69, 9.17) is 5.73 Å². The molecule has 88 valence electrons. The number of nitrogens with one attached hydrogen (secondary N) is 1. The van der Waals surface area contributed by atoms with Crippen molar-refractivity contribution in [2.45, 2.75) is 19.1 Å². The van der Waals surface area contributed by atoms with Crippen molar-refractivity contribution in [1.29, 1.82) is 0 Å². The van der Waals surface area contributed by atoms with Gasteiger partial charge in [-0.1, -0.05) is 24.3 Å². The van der Waals surface area contributed by atoms with Crippen LogP contribution in [0.5, 0.6) is 0 Å². The SMILES string of the molecule is NC1=CC=CNC1N1CCc2ccccc2C1. The van der Waals surface area contributed by atoms with E-state index in [-0.39, 0.29) is 6.17 Å². The fourth-order valence-corrected chi connectivity index (χ4v) is 2.55. The van der Waals surface area contributed by atoms with Crippen LogP contribution in [0.25, 0.3) is 0 Å². The fraction of sp³-hybridized carbons (Fsp3) is 0.286. The van der Waals surface area contributed by atoms with Crippen molar-refractivity contribution < 1.29 is 0 Å². The predicted molar refractivity (Wildman–Crippen MR) is 68.9 cm³/mol. The molecule has 3 nitrogen and oxygen atoms in total. The minimum atomic E-state index is 0.147. The number of allylic oxidation sites excluding steroid dienone is 2. The molecule has 3 heteroatoms. The minimum Gasteiger partial charge on any atom is -0.399 e. The number of nitrogens with two attached hydrogens (primary N) is 1. The fourth-order valence-electron chi connectivity index (χ4n) is 2.55. The van der Waals surface area contributed by atoms with Gasteiger partial charge in [-0.05, 0) is 35.9 Å². The quantitative estimate of drug-likeness (QED) is 0.760. The molecule has 0 fully saturated rings. The third-order valence-electron chi connectivity index (χ3n) is 3.48. The highest BCUT2D eigenvalue weighted by molar-refractivity contribution is 5.30. The molecule has 1 atom stereocenters. The Labute approximate surface area is 102 Å². The average molecular weight is 227 g/mol. The lowest BCUT2D eigenvalue weighted by molar-refractivity contribution is 0.183. The van der Waals surface area contributed by atoms with E-state index < -0.39 is 0 Å². The minimum absolute atomic E-state index is 0.147. The molecule has 0 amide bonds. The summed E-state index contributed by atoms with van der Waals surface area (Å²) in [5.41, 5.74) is 9.82. The molecular weight excluding hydrogens is 210 g/mol. The van der Waals surface area contributed by atoms with E-state index in [1.807, 2.05) is 18.4 Å². The van der Waals surface area contributed by atoms with Gasteiger partial charge in [0.1, 0.15) is 6.17 Å². The van der Waals surface area contributed by atoms with Crippen LogP contribution in [0.2, 0.25) is 0 Å². The summed E-state index contributed by atoms with van der Waals surface area (Å²) < 4.78 is 0. The molecule has 3 N–H and O–H groups in total. The Morgan fingerprint density at radius 3 is 2.88 bits per heavy atom. The molecule has 0 saturated carbocycles. The number of hydrogen-bond donors (Lipinski definition) is 2. The van der Waals surface area contributed by atoms with Crippen LogP contribution in [-0.2, 0) is 13.0 Å². The summed E-state index contributed by atoms with van der Waals surface area (Å²) in [6.07, 6.45) is 7.13. The first-order valence-corrected chi connectivity index (χ1v) is 6.04. The van der Waals surface area contributed by atoms with Gasteiger partial charge in [0.05, 0.1) is 0 Å². The van der Waals surface area contributed by atoms with Crippen molar-refractivity contribution in [1.82, 2.24) is 10.2 Å². The first kappa shape index (κ1) is 10.4. The first-order chi connectivity index (χ1) is 8.34. The lowest BCUT2D eigenvalue weighted by Gasteiger charge is -2.36. The second-order valence-electron chi connectivity index (χ2n) is 4.58. The molecular formula is C14H17N3. The van der Waals surface area contributed by atoms with Crippen molar-refractivity contribution in [2.24, 2.45) is 5.73 Å². The molecule has 0 aliphatic carbocycles. The monoisotopic (exact) mass is 227 g/mol. The number of hydrogen-bond acceptors (Lipinski definition) is 3. The second-order valence-corrected chi connectivity index (χ2v) is 4.58. The van der Waals surface area contributed by atoms with Gasteiger partial charge in [0.15, 0.2) is 0 Å². The highest BCUT2D eigenvalue weighted by atomic mass is 15.3. The van der Waals surface area contributed by atoms with Crippen LogP contribution < -0.4 is 11.1 Å². The van der Waals surface area contributed by atoms with Gasteiger partial charge >= 0.3 is 0 Å². The van der Waals surface area contributed by atoms with Gasteiger partial charge in [-0.25, -0.2) is 0 Å². The van der Waals surface area contributed by atoms with Gasteiger partial charge in [-0.3, -0.25) is 4.90 Å². The normalized spacial score (nSPS) is 23.8. The van der Waals surface area contributed by atoms with Crippen LogP contribution in [-0.4, -0.2) is 17.6 Å². The van der Waals surface area contributed by atoms with Crippen LogP contribution in [0, 0.1) is 0 Å². The summed E-state index contributed by atoms with van der Waals surface area (Å²) in [4.78, 5) is 2.39. The molecule has 1 unspecified atom stereocenters. The summed E-state index contributed by atoms with van der Waals surface area (Å²) in [5, 5.41) is 3.32. The maximum Gasteiger partial charge on any atom is 0.120 e. The van der Waals surface area contributed by atoms with Gasteiger partial charge in [-0.15, -0.1) is 0 Å². The molecule has 0 radical (unpaired) electrons. The molecule has 2 aliphatic rings. The van der Waals surface area contributed by atoms with Gasteiger partial charge in [0, 0.05) is 18.8 Å². The largest absolute Gasteiger partial charge is 0.399 e. The zero-order valence-corrected chi connectivity index (χ0v) is 9.76. The maximum atomic E-state index is 6.04. The second kappa shape index (κ2) is 4.26. The Balaban J connectivity index is 1.80. The lowest BCUT2D eigenvalue weighted by Crippen LogP contribution is -2.49. The zero-order valence-electron chi connectivity index (χ0n) is 9.76. The number of nitrogens with zero attached hydrogens (tertiary/aromatic N) is 1. The van der Waals surface area contributed by atoms with E-state index in [1.165, 1.54) is 11.1 Å². The Hall–Kier alpha value is -1.74. The Bertz CT molecular complexity index is 476. The van der Waals surface area contributed by atoms with Crippen molar-refractivity contribution >= 4 is 0 Å². The molecule has 2 heterocycles. The summed E-state index contributed by atoms with van der Waals surface area (Å²) in [6.45, 7) is 2.02. The average Bonchev–Trinajstić information content (AvgIpc) is 2.39. The van der Waals surface area contributed by atoms with E-state index in [1.54, 1.807) is 0 Å². The third-order valence-corrected chi connectivity index (χ3v) is 3.48. The maximum absolute atomic E-state index is 6.04. The highest BCUT2D eigenvalue weighted by Crippen LogP contribution is 2.21. The van der Waals surface area contributed by atoms with E-state index in [2.05, 4.69) is 34.5 Å². The van der Waals surface area contributed by atoms with Crippen LogP contribution in [0.3, 0.4) is 0 Å². The number of benzene rings is 1. The van der Waals surface area contributed by atoms with Crippen molar-refractivity contribution in [2.75, 3.05) is 6.54 Å². The Morgan fingerprint density at radius 1 is 1.24 bits per heavy atom. The molecule has 1 aromatic rings. The summed E-state index contributed by atoms with van der Waals surface area (Å²) in [6, 6.07) is 8.65. The topological polar surface area (TPSA) is 41.3 Å². The Kier molecular flexibility index (Phi) is 2.61. The molecule has 0 saturated heterocycles. The lowest BCUT2D eigenvalue weighted by atomic mass is 9.99. The molecule has 0 aromatic heterocycles.